The summed E-state index contributed by atoms with van der Waals surface area (Å²) in [6, 6.07) is 0. The van der Waals surface area contributed by atoms with E-state index in [1.54, 1.807) is 0 Å². The van der Waals surface area contributed by atoms with E-state index in [-0.39, 0.29) is 148 Å². The van der Waals surface area contributed by atoms with Crippen molar-refractivity contribution in [2.24, 2.45) is 0 Å². The molecule has 15 unspecified atom stereocenters. The maximum atomic E-state index is 8.88. The highest BCUT2D eigenvalue weighted by Gasteiger charge is 2.00. The fraction of sp³-hybridized carbons (Fsp3) is 0. The molecule has 0 aromatic heterocycles. The molecule has 0 aliphatic heterocycles. The van der Waals surface area contributed by atoms with Gasteiger partial charge in [-0.15, -0.1) is 0 Å². The maximum Gasteiger partial charge on any atom is 0.466 e. The predicted molar refractivity (Wildman–Crippen MR) is 181 cm³/mol. The lowest BCUT2D eigenvalue weighted by Crippen LogP contribution is -1.66. The van der Waals surface area contributed by atoms with Gasteiger partial charge < -0.3 is 14.7 Å². The van der Waals surface area contributed by atoms with Gasteiger partial charge in [-0.1, -0.05) is 0 Å². The van der Waals surface area contributed by atoms with Gasteiger partial charge in [0, 0.05) is 0 Å². The van der Waals surface area contributed by atoms with E-state index in [2.05, 4.69) is 0 Å². The zero-order chi connectivity index (χ0) is 4.50. The third kappa shape index (κ3) is 317. The van der Waals surface area contributed by atoms with Crippen molar-refractivity contribution in [3.8, 4) is 0 Å². The second kappa shape index (κ2) is 97.7. The van der Waals surface area contributed by atoms with Crippen LogP contribution in [0.3, 0.4) is 0 Å². The molecule has 0 spiro atoms. The van der Waals surface area contributed by atoms with Crippen LogP contribution in [0, 0.1) is 0 Å². The minimum absolute atomic E-state index is 0. The molecule has 152 valence electrons. The monoisotopic (exact) mass is 608 g/mol. The minimum atomic E-state index is -4.64. The first-order valence-electron chi connectivity index (χ1n) is 0.783. The average molecular weight is 608 g/mol. The van der Waals surface area contributed by atoms with Gasteiger partial charge in [0.25, 0.3) is 0 Å². The van der Waals surface area contributed by atoms with Crippen LogP contribution < -0.4 is 0 Å². The standard InChI is InChI=1S/H3O4P.15H3P/c1-5(2,3)4;;;;;;;;;;;;;;;/h(H3,1,2,3,4);15*1H3. The Morgan fingerprint density at radius 3 is 0.350 bits per heavy atom. The van der Waals surface area contributed by atoms with Crippen LogP contribution in [0.4, 0.5) is 0 Å². The summed E-state index contributed by atoms with van der Waals surface area (Å²) in [6.07, 6.45) is 0. The van der Waals surface area contributed by atoms with Crippen LogP contribution in [0.15, 0.2) is 0 Å². The van der Waals surface area contributed by atoms with Crippen LogP contribution in [0.1, 0.15) is 0 Å². The van der Waals surface area contributed by atoms with Gasteiger partial charge >= 0.3 is 7.82 Å². The van der Waals surface area contributed by atoms with Crippen LogP contribution >= 0.6 is 156 Å². The molecule has 0 saturated heterocycles. The van der Waals surface area contributed by atoms with Crippen molar-refractivity contribution in [2.75, 3.05) is 0 Å². The summed E-state index contributed by atoms with van der Waals surface area (Å²) >= 11 is 0. The van der Waals surface area contributed by atoms with Crippen molar-refractivity contribution < 1.29 is 19.2 Å². The van der Waals surface area contributed by atoms with Gasteiger partial charge in [0.1, 0.15) is 0 Å². The molecule has 0 heterocycles. The zero-order valence-electron chi connectivity index (χ0n) is 12.8. The third-order valence-electron chi connectivity index (χ3n) is 0. The summed E-state index contributed by atoms with van der Waals surface area (Å²) in [7, 11) is -4.64. The van der Waals surface area contributed by atoms with Crippen LogP contribution in [0.25, 0.3) is 0 Å². The smallest absolute Gasteiger partial charge is 0.303 e. The molecular weight excluding hydrogens is 560 g/mol. The van der Waals surface area contributed by atoms with Crippen LogP contribution in [0.2, 0.25) is 0 Å². The van der Waals surface area contributed by atoms with E-state index in [4.69, 9.17) is 19.2 Å². The van der Waals surface area contributed by atoms with Crippen molar-refractivity contribution in [3.63, 3.8) is 0 Å². The fourth-order valence-electron chi connectivity index (χ4n) is 0. The molecule has 20 heteroatoms. The molecule has 0 radical (unpaired) electrons. The van der Waals surface area contributed by atoms with Gasteiger partial charge in [-0.25, -0.2) is 4.57 Å². The number of hydrogen-bond acceptors (Lipinski definition) is 1. The van der Waals surface area contributed by atoms with Crippen molar-refractivity contribution in [2.45, 2.75) is 0 Å². The highest BCUT2D eigenvalue weighted by atomic mass is 31.2. The van der Waals surface area contributed by atoms with Gasteiger partial charge in [-0.3, -0.25) is 0 Å². The summed E-state index contributed by atoms with van der Waals surface area (Å²) in [5, 5.41) is 0. The highest BCUT2D eigenvalue weighted by molar-refractivity contribution is 7.45. The van der Waals surface area contributed by atoms with E-state index in [0.29, 0.717) is 0 Å². The van der Waals surface area contributed by atoms with Gasteiger partial charge in [0.05, 0.1) is 0 Å². The highest BCUT2D eigenvalue weighted by Crippen LogP contribution is 2.25. The summed E-state index contributed by atoms with van der Waals surface area (Å²) < 4.78 is 8.88. The minimum Gasteiger partial charge on any atom is -0.303 e. The van der Waals surface area contributed by atoms with Crippen LogP contribution in [-0.4, -0.2) is 14.7 Å². The molecule has 4 nitrogen and oxygen atoms in total. The molecule has 0 fully saturated rings. The zero-order valence-corrected chi connectivity index (χ0v) is 34.9. The van der Waals surface area contributed by atoms with Crippen molar-refractivity contribution in [1.82, 2.24) is 0 Å². The van der Waals surface area contributed by atoms with E-state index in [1.165, 1.54) is 0 Å². The summed E-state index contributed by atoms with van der Waals surface area (Å²) in [5.74, 6) is 0. The Morgan fingerprint density at radius 1 is 0.350 bits per heavy atom. The Balaban J connectivity index is -0.000000000762. The third-order valence-corrected chi connectivity index (χ3v) is 0. The lowest BCUT2D eigenvalue weighted by molar-refractivity contribution is 0.275. The molecule has 0 amide bonds. The lowest BCUT2D eigenvalue weighted by Gasteiger charge is -1.82. The second-order valence-corrected chi connectivity index (χ2v) is 1.54. The molecule has 3 N–H and O–H groups in total. The summed E-state index contributed by atoms with van der Waals surface area (Å²) in [5.41, 5.74) is 0. The molecule has 0 aliphatic carbocycles. The second-order valence-electron chi connectivity index (χ2n) is 0.513. The molecule has 0 rings (SSSR count). The van der Waals surface area contributed by atoms with Gasteiger partial charge in [0.2, 0.25) is 0 Å². The van der Waals surface area contributed by atoms with Crippen molar-refractivity contribution in [3.05, 3.63) is 0 Å². The first-order valence-corrected chi connectivity index (χ1v) is 2.35. The Morgan fingerprint density at radius 2 is 0.350 bits per heavy atom. The first kappa shape index (κ1) is 156. The van der Waals surface area contributed by atoms with Gasteiger partial charge in [-0.2, -0.15) is 148 Å². The fourth-order valence-corrected chi connectivity index (χ4v) is 0. The largest absolute Gasteiger partial charge is 0.466 e. The number of rotatable bonds is 0. The van der Waals surface area contributed by atoms with Crippen LogP contribution in [-0.2, 0) is 4.57 Å². The Labute approximate surface area is 175 Å². The Kier molecular flexibility index (Phi) is 760. The van der Waals surface area contributed by atoms with E-state index in [9.17, 15) is 0 Å². The quantitative estimate of drug-likeness (QED) is 0.338. The topological polar surface area (TPSA) is 77.8 Å². The normalized spacial score (nSPS) is 2.95. The molecular formula is H48O4P16. The van der Waals surface area contributed by atoms with Crippen molar-refractivity contribution >= 4 is 156 Å². The molecule has 0 aromatic rings. The van der Waals surface area contributed by atoms with Gasteiger partial charge in [-0.05, 0) is 0 Å². The molecule has 0 bridgehead atoms. The van der Waals surface area contributed by atoms with E-state index < -0.39 is 7.82 Å². The van der Waals surface area contributed by atoms with Gasteiger partial charge in [0.15, 0.2) is 0 Å². The number of hydrogen-bond donors (Lipinski definition) is 3. The molecule has 0 saturated carbocycles. The van der Waals surface area contributed by atoms with E-state index >= 15 is 0 Å². The Bertz CT molecular complexity index is 60.6. The van der Waals surface area contributed by atoms with E-state index in [1.807, 2.05) is 0 Å². The lowest BCUT2D eigenvalue weighted by atomic mass is 15.8. The van der Waals surface area contributed by atoms with Crippen LogP contribution in [0.5, 0.6) is 0 Å². The average Bonchev–Trinajstić information content (AvgIpc) is 0.722. The molecule has 20 heavy (non-hydrogen) atoms. The summed E-state index contributed by atoms with van der Waals surface area (Å²) in [4.78, 5) is 21.6. The Hall–Kier alpha value is 6.56. The first-order chi connectivity index (χ1) is 2.00. The van der Waals surface area contributed by atoms with Crippen molar-refractivity contribution in [1.29, 1.82) is 0 Å². The molecule has 15 atom stereocenters. The molecule has 0 aliphatic rings. The predicted octanol–water partition coefficient (Wildman–Crippen LogP) is -0.0571. The summed E-state index contributed by atoms with van der Waals surface area (Å²) in [6.45, 7) is 0. The maximum absolute atomic E-state index is 8.88. The van der Waals surface area contributed by atoms with E-state index in [0.717, 1.165) is 0 Å². The number of phosphoric acid groups is 1. The SMILES string of the molecule is O=P(O)(O)O.P.P.P.P.P.P.P.P.P.P.P.P.P.P.P. The molecule has 0 aromatic carbocycles.